The van der Waals surface area contributed by atoms with E-state index in [0.717, 1.165) is 5.56 Å². The molecule has 0 aromatic heterocycles. The van der Waals surface area contributed by atoms with E-state index in [-0.39, 0.29) is 28.0 Å². The Morgan fingerprint density at radius 1 is 1.05 bits per heavy atom. The Kier molecular flexibility index (Phi) is 6.91. The molecule has 2 nitrogen and oxygen atoms in total. The lowest BCUT2D eigenvalue weighted by Gasteiger charge is -2.21. The Bertz CT molecular complexity index is 595. The zero-order chi connectivity index (χ0) is 14.7. The fourth-order valence-corrected chi connectivity index (χ4v) is 2.46. The first kappa shape index (κ1) is 18.2. The average Bonchev–Trinajstić information content (AvgIpc) is 2.44. The van der Waals surface area contributed by atoms with Gasteiger partial charge in [0.05, 0.1) is 17.2 Å². The van der Waals surface area contributed by atoms with E-state index >= 15 is 0 Å². The third-order valence-electron chi connectivity index (χ3n) is 3.11. The molecule has 0 saturated carbocycles. The second kappa shape index (κ2) is 7.97. The molecule has 0 saturated heterocycles. The van der Waals surface area contributed by atoms with E-state index in [4.69, 9.17) is 28.9 Å². The molecule has 0 amide bonds. The molecule has 0 spiro atoms. The van der Waals surface area contributed by atoms with Crippen molar-refractivity contribution in [2.45, 2.75) is 18.6 Å². The fraction of sp³-hybridized carbons (Fsp3) is 0.200. The van der Waals surface area contributed by atoms with Crippen molar-refractivity contribution in [3.63, 3.8) is 0 Å². The van der Waals surface area contributed by atoms with Gasteiger partial charge in [0.2, 0.25) is 0 Å². The van der Waals surface area contributed by atoms with Crippen LogP contribution in [0.15, 0.2) is 42.5 Å². The van der Waals surface area contributed by atoms with E-state index in [1.165, 1.54) is 12.1 Å². The van der Waals surface area contributed by atoms with Crippen molar-refractivity contribution in [3.8, 4) is 0 Å². The summed E-state index contributed by atoms with van der Waals surface area (Å²) >= 11 is 11.7. The van der Waals surface area contributed by atoms with Gasteiger partial charge in [0.25, 0.3) is 0 Å². The Labute approximate surface area is 139 Å². The number of benzene rings is 2. The maximum atomic E-state index is 14.0. The highest BCUT2D eigenvalue weighted by atomic mass is 35.5. The van der Waals surface area contributed by atoms with Crippen LogP contribution in [0, 0.1) is 5.82 Å². The Hall–Kier alpha value is -0.840. The molecule has 0 aliphatic rings. The van der Waals surface area contributed by atoms with Crippen molar-refractivity contribution in [1.82, 2.24) is 0 Å². The molecule has 2 atom stereocenters. The number of halogens is 4. The van der Waals surface area contributed by atoms with Gasteiger partial charge in [-0.15, -0.1) is 12.4 Å². The van der Waals surface area contributed by atoms with Gasteiger partial charge < -0.3 is 10.8 Å². The molecule has 6 heteroatoms. The summed E-state index contributed by atoms with van der Waals surface area (Å²) in [5.74, 6) is -0.682. The van der Waals surface area contributed by atoms with Crippen molar-refractivity contribution in [3.05, 3.63) is 69.5 Å². The summed E-state index contributed by atoms with van der Waals surface area (Å²) in [5.41, 5.74) is 6.88. The van der Waals surface area contributed by atoms with Crippen LogP contribution < -0.4 is 5.73 Å². The second-order valence-electron chi connectivity index (χ2n) is 4.54. The lowest BCUT2D eigenvalue weighted by Crippen LogP contribution is -2.29. The molecule has 2 rings (SSSR count). The van der Waals surface area contributed by atoms with Gasteiger partial charge in [0.15, 0.2) is 0 Å². The first-order valence-corrected chi connectivity index (χ1v) is 6.87. The number of rotatable bonds is 4. The van der Waals surface area contributed by atoms with Crippen LogP contribution in [0.25, 0.3) is 0 Å². The summed E-state index contributed by atoms with van der Waals surface area (Å²) in [6.45, 7) is 0. The largest absolute Gasteiger partial charge is 0.391 e. The highest BCUT2D eigenvalue weighted by molar-refractivity contribution is 6.33. The van der Waals surface area contributed by atoms with Gasteiger partial charge >= 0.3 is 0 Å². The highest BCUT2D eigenvalue weighted by Gasteiger charge is 2.24. The molecule has 0 bridgehead atoms. The van der Waals surface area contributed by atoms with Gasteiger partial charge in [-0.1, -0.05) is 53.5 Å². The maximum Gasteiger partial charge on any atom is 0.148 e. The topological polar surface area (TPSA) is 46.2 Å². The molecule has 3 N–H and O–H groups in total. The van der Waals surface area contributed by atoms with Crippen LogP contribution in [0.5, 0.6) is 0 Å². The normalized spacial score (nSPS) is 13.4. The smallest absolute Gasteiger partial charge is 0.148 e. The van der Waals surface area contributed by atoms with Gasteiger partial charge in [-0.25, -0.2) is 4.39 Å². The molecule has 2 aromatic rings. The minimum Gasteiger partial charge on any atom is -0.391 e. The zero-order valence-corrected chi connectivity index (χ0v) is 13.3. The van der Waals surface area contributed by atoms with E-state index in [1.807, 2.05) is 30.3 Å². The Morgan fingerprint density at radius 3 is 2.24 bits per heavy atom. The average molecular weight is 351 g/mol. The first-order valence-electron chi connectivity index (χ1n) is 6.11. The molecule has 114 valence electrons. The third kappa shape index (κ3) is 4.31. The summed E-state index contributed by atoms with van der Waals surface area (Å²) < 4.78 is 14.0. The van der Waals surface area contributed by atoms with Gasteiger partial charge in [-0.2, -0.15) is 0 Å². The fourth-order valence-electron chi connectivity index (χ4n) is 2.02. The molecule has 0 heterocycles. The molecule has 0 aliphatic heterocycles. The first-order chi connectivity index (χ1) is 9.50. The Balaban J connectivity index is 0.00000220. The van der Waals surface area contributed by atoms with Crippen molar-refractivity contribution < 1.29 is 9.50 Å². The second-order valence-corrected chi connectivity index (χ2v) is 5.35. The molecule has 0 aliphatic carbocycles. The molecule has 21 heavy (non-hydrogen) atoms. The number of hydrogen-bond donors (Lipinski definition) is 2. The maximum absolute atomic E-state index is 14.0. The molecule has 2 aromatic carbocycles. The predicted octanol–water partition coefficient (Wildman–Crippen LogP) is 4.16. The van der Waals surface area contributed by atoms with Gasteiger partial charge in [0.1, 0.15) is 5.82 Å². The van der Waals surface area contributed by atoms with E-state index in [0.29, 0.717) is 6.42 Å². The van der Waals surface area contributed by atoms with E-state index < -0.39 is 18.0 Å². The quantitative estimate of drug-likeness (QED) is 0.813. The summed E-state index contributed by atoms with van der Waals surface area (Å²) in [6, 6.07) is 11.2. The van der Waals surface area contributed by atoms with Crippen LogP contribution in [-0.2, 0) is 6.42 Å². The molecule has 0 radical (unpaired) electrons. The van der Waals surface area contributed by atoms with E-state index in [9.17, 15) is 9.50 Å². The molecule has 0 unspecified atom stereocenters. The van der Waals surface area contributed by atoms with Gasteiger partial charge in [0, 0.05) is 17.0 Å². The van der Waals surface area contributed by atoms with Crippen LogP contribution in [0.3, 0.4) is 0 Å². The summed E-state index contributed by atoms with van der Waals surface area (Å²) in [5, 5.41) is 10.3. The lowest BCUT2D eigenvalue weighted by molar-refractivity contribution is 0.143. The predicted molar refractivity (Wildman–Crippen MR) is 86.7 cm³/mol. The van der Waals surface area contributed by atoms with Crippen LogP contribution in [0.2, 0.25) is 10.0 Å². The van der Waals surface area contributed by atoms with Crippen LogP contribution in [-0.4, -0.2) is 11.2 Å². The van der Waals surface area contributed by atoms with E-state index in [1.54, 1.807) is 0 Å². The number of nitrogens with two attached hydrogens (primary N) is 1. The van der Waals surface area contributed by atoms with Crippen LogP contribution in [0.1, 0.15) is 17.2 Å². The highest BCUT2D eigenvalue weighted by Crippen LogP contribution is 2.31. The standard InChI is InChI=1S/C15H14Cl2FNO.ClH/c16-10-6-7-11(17)14(18)13(10)15(19)12(20)8-9-4-2-1-3-5-9;/h1-7,12,15,20H,8,19H2;1H/t12-,15-;/m0./s1. The molecular formula is C15H15Cl3FNO. The van der Waals surface area contributed by atoms with Gasteiger partial charge in [-0.3, -0.25) is 0 Å². The van der Waals surface area contributed by atoms with Crippen molar-refractivity contribution in [2.75, 3.05) is 0 Å². The minimum absolute atomic E-state index is 0. The molecular weight excluding hydrogens is 336 g/mol. The number of aliphatic hydroxyl groups excluding tert-OH is 1. The minimum atomic E-state index is -0.956. The van der Waals surface area contributed by atoms with Crippen molar-refractivity contribution in [2.24, 2.45) is 5.73 Å². The monoisotopic (exact) mass is 349 g/mol. The zero-order valence-electron chi connectivity index (χ0n) is 11.0. The summed E-state index contributed by atoms with van der Waals surface area (Å²) in [6.07, 6.45) is -0.646. The molecule has 0 fully saturated rings. The summed E-state index contributed by atoms with van der Waals surface area (Å²) in [7, 11) is 0. The summed E-state index contributed by atoms with van der Waals surface area (Å²) in [4.78, 5) is 0. The van der Waals surface area contributed by atoms with Crippen molar-refractivity contribution in [1.29, 1.82) is 0 Å². The lowest BCUT2D eigenvalue weighted by atomic mass is 9.96. The Morgan fingerprint density at radius 2 is 1.62 bits per heavy atom. The van der Waals surface area contributed by atoms with Crippen LogP contribution >= 0.6 is 35.6 Å². The third-order valence-corrected chi connectivity index (χ3v) is 3.74. The van der Waals surface area contributed by atoms with Crippen molar-refractivity contribution >= 4 is 35.6 Å². The van der Waals surface area contributed by atoms with Crippen LogP contribution in [0.4, 0.5) is 4.39 Å². The SMILES string of the molecule is Cl.N[C@H](c1c(Cl)ccc(Cl)c1F)[C@@H](O)Cc1ccccc1. The number of hydrogen-bond acceptors (Lipinski definition) is 2. The number of aliphatic hydroxyl groups is 1. The van der Waals surface area contributed by atoms with E-state index in [2.05, 4.69) is 0 Å². The van der Waals surface area contributed by atoms with Gasteiger partial charge in [-0.05, 0) is 17.7 Å².